The van der Waals surface area contributed by atoms with Gasteiger partial charge in [0.1, 0.15) is 0 Å². The Balaban J connectivity index is 2.02. The number of hydrogen-bond acceptors (Lipinski definition) is 2. The molecule has 2 aromatic rings. The molecule has 0 saturated carbocycles. The number of hydrogen-bond donors (Lipinski definition) is 2. The van der Waals surface area contributed by atoms with E-state index in [0.717, 1.165) is 16.8 Å². The molecule has 110 valence electrons. The van der Waals surface area contributed by atoms with Crippen molar-refractivity contribution in [1.82, 2.24) is 4.90 Å². The van der Waals surface area contributed by atoms with Gasteiger partial charge in [0, 0.05) is 25.3 Å². The maximum atomic E-state index is 12.3. The van der Waals surface area contributed by atoms with Crippen molar-refractivity contribution in [3.05, 3.63) is 65.7 Å². The molecule has 0 heterocycles. The number of benzene rings is 2. The first kappa shape index (κ1) is 15.1. The van der Waals surface area contributed by atoms with Gasteiger partial charge in [-0.25, -0.2) is 4.79 Å². The summed E-state index contributed by atoms with van der Waals surface area (Å²) < 4.78 is 0. The van der Waals surface area contributed by atoms with Crippen molar-refractivity contribution in [3.63, 3.8) is 0 Å². The molecule has 2 amide bonds. The number of anilines is 1. The molecule has 0 aromatic heterocycles. The second kappa shape index (κ2) is 7.45. The predicted molar refractivity (Wildman–Crippen MR) is 85.9 cm³/mol. The van der Waals surface area contributed by atoms with E-state index in [2.05, 4.69) is 5.32 Å². The van der Waals surface area contributed by atoms with Crippen LogP contribution in [0, 0.1) is 0 Å². The van der Waals surface area contributed by atoms with E-state index in [9.17, 15) is 4.79 Å². The molecule has 3 N–H and O–H groups in total. The number of carbonyl (C=O) groups is 1. The van der Waals surface area contributed by atoms with Crippen LogP contribution in [0.5, 0.6) is 0 Å². The Bertz CT molecular complexity index is 584. The summed E-state index contributed by atoms with van der Waals surface area (Å²) in [6.45, 7) is 3.68. The van der Waals surface area contributed by atoms with E-state index in [4.69, 9.17) is 5.73 Å². The average molecular weight is 283 g/mol. The number of amides is 2. The second-order valence-electron chi connectivity index (χ2n) is 4.83. The average Bonchev–Trinajstić information content (AvgIpc) is 2.53. The maximum Gasteiger partial charge on any atom is 0.322 e. The third kappa shape index (κ3) is 4.33. The van der Waals surface area contributed by atoms with E-state index in [-0.39, 0.29) is 6.03 Å². The Labute approximate surface area is 125 Å². The van der Waals surface area contributed by atoms with Gasteiger partial charge < -0.3 is 16.0 Å². The standard InChI is InChI=1S/C17H21N3O/c1-2-20(13-14-7-4-3-5-8-14)17(21)19-16-10-6-9-15(11-16)12-18/h3-11H,2,12-13,18H2,1H3,(H,19,21). The lowest BCUT2D eigenvalue weighted by atomic mass is 10.2. The number of nitrogens with two attached hydrogens (primary N) is 1. The van der Waals surface area contributed by atoms with E-state index in [1.54, 1.807) is 4.90 Å². The van der Waals surface area contributed by atoms with E-state index in [1.165, 1.54) is 0 Å². The number of nitrogens with one attached hydrogen (secondary N) is 1. The van der Waals surface area contributed by atoms with Crippen molar-refractivity contribution in [3.8, 4) is 0 Å². The van der Waals surface area contributed by atoms with Gasteiger partial charge in [-0.3, -0.25) is 0 Å². The lowest BCUT2D eigenvalue weighted by Gasteiger charge is -2.21. The Morgan fingerprint density at radius 3 is 2.48 bits per heavy atom. The van der Waals surface area contributed by atoms with Crippen molar-refractivity contribution in [2.24, 2.45) is 5.73 Å². The van der Waals surface area contributed by atoms with E-state index in [0.29, 0.717) is 19.6 Å². The van der Waals surface area contributed by atoms with Crippen LogP contribution in [0.1, 0.15) is 18.1 Å². The summed E-state index contributed by atoms with van der Waals surface area (Å²) in [5, 5.41) is 2.92. The summed E-state index contributed by atoms with van der Waals surface area (Å²) >= 11 is 0. The Kier molecular flexibility index (Phi) is 5.35. The van der Waals surface area contributed by atoms with Crippen LogP contribution >= 0.6 is 0 Å². The highest BCUT2D eigenvalue weighted by Crippen LogP contribution is 2.12. The molecule has 0 spiro atoms. The van der Waals surface area contributed by atoms with Crippen LogP contribution in [0.2, 0.25) is 0 Å². The third-order valence-corrected chi connectivity index (χ3v) is 3.30. The topological polar surface area (TPSA) is 58.4 Å². The first-order chi connectivity index (χ1) is 10.2. The molecule has 0 aliphatic rings. The molecule has 21 heavy (non-hydrogen) atoms. The molecule has 0 fully saturated rings. The molecule has 0 saturated heterocycles. The van der Waals surface area contributed by atoms with Crippen molar-refractivity contribution >= 4 is 11.7 Å². The van der Waals surface area contributed by atoms with Crippen LogP contribution in [-0.4, -0.2) is 17.5 Å². The van der Waals surface area contributed by atoms with E-state index < -0.39 is 0 Å². The highest BCUT2D eigenvalue weighted by Gasteiger charge is 2.12. The number of carbonyl (C=O) groups excluding carboxylic acids is 1. The van der Waals surface area contributed by atoms with Gasteiger partial charge in [0.15, 0.2) is 0 Å². The molecular formula is C17H21N3O. The zero-order valence-electron chi connectivity index (χ0n) is 12.3. The summed E-state index contributed by atoms with van der Waals surface area (Å²) in [4.78, 5) is 14.1. The summed E-state index contributed by atoms with van der Waals surface area (Å²) in [5.74, 6) is 0. The van der Waals surface area contributed by atoms with Gasteiger partial charge in [-0.2, -0.15) is 0 Å². The Morgan fingerprint density at radius 1 is 1.10 bits per heavy atom. The fraction of sp³-hybridized carbons (Fsp3) is 0.235. The normalized spacial score (nSPS) is 10.2. The second-order valence-corrected chi connectivity index (χ2v) is 4.83. The molecule has 2 rings (SSSR count). The van der Waals surface area contributed by atoms with Gasteiger partial charge in [-0.1, -0.05) is 42.5 Å². The van der Waals surface area contributed by atoms with Gasteiger partial charge in [0.2, 0.25) is 0 Å². The minimum atomic E-state index is -0.101. The van der Waals surface area contributed by atoms with Gasteiger partial charge >= 0.3 is 6.03 Å². The highest BCUT2D eigenvalue weighted by atomic mass is 16.2. The SMILES string of the molecule is CCN(Cc1ccccc1)C(=O)Nc1cccc(CN)c1. The number of nitrogens with zero attached hydrogens (tertiary/aromatic N) is 1. The zero-order chi connectivity index (χ0) is 15.1. The van der Waals surface area contributed by atoms with Gasteiger partial charge in [0.05, 0.1) is 0 Å². The van der Waals surface area contributed by atoms with Gasteiger partial charge in [-0.15, -0.1) is 0 Å². The van der Waals surface area contributed by atoms with Crippen LogP contribution < -0.4 is 11.1 Å². The molecule has 4 nitrogen and oxygen atoms in total. The largest absolute Gasteiger partial charge is 0.326 e. The lowest BCUT2D eigenvalue weighted by molar-refractivity contribution is 0.212. The number of urea groups is 1. The van der Waals surface area contributed by atoms with Crippen LogP contribution in [0.25, 0.3) is 0 Å². The van der Waals surface area contributed by atoms with Crippen LogP contribution in [-0.2, 0) is 13.1 Å². The molecule has 2 aromatic carbocycles. The molecule has 4 heteroatoms. The van der Waals surface area contributed by atoms with Gasteiger partial charge in [-0.05, 0) is 30.2 Å². The van der Waals surface area contributed by atoms with Crippen molar-refractivity contribution in [1.29, 1.82) is 0 Å². The van der Waals surface area contributed by atoms with Crippen LogP contribution in [0.15, 0.2) is 54.6 Å². The van der Waals surface area contributed by atoms with Crippen LogP contribution in [0.4, 0.5) is 10.5 Å². The van der Waals surface area contributed by atoms with Crippen LogP contribution in [0.3, 0.4) is 0 Å². The molecule has 0 aliphatic heterocycles. The fourth-order valence-corrected chi connectivity index (χ4v) is 2.11. The number of rotatable bonds is 5. The highest BCUT2D eigenvalue weighted by molar-refractivity contribution is 5.89. The monoisotopic (exact) mass is 283 g/mol. The van der Waals surface area contributed by atoms with E-state index in [1.807, 2.05) is 61.5 Å². The summed E-state index contributed by atoms with van der Waals surface area (Å²) in [7, 11) is 0. The lowest BCUT2D eigenvalue weighted by Crippen LogP contribution is -2.34. The summed E-state index contributed by atoms with van der Waals surface area (Å²) in [5.41, 5.74) is 8.50. The molecule has 0 radical (unpaired) electrons. The smallest absolute Gasteiger partial charge is 0.322 e. The summed E-state index contributed by atoms with van der Waals surface area (Å²) in [6.07, 6.45) is 0. The molecule has 0 atom stereocenters. The summed E-state index contributed by atoms with van der Waals surface area (Å²) in [6, 6.07) is 17.5. The zero-order valence-corrected chi connectivity index (χ0v) is 12.3. The van der Waals surface area contributed by atoms with Gasteiger partial charge in [0.25, 0.3) is 0 Å². The first-order valence-electron chi connectivity index (χ1n) is 7.11. The predicted octanol–water partition coefficient (Wildman–Crippen LogP) is 3.20. The minimum Gasteiger partial charge on any atom is -0.326 e. The molecule has 0 unspecified atom stereocenters. The maximum absolute atomic E-state index is 12.3. The molecule has 0 aliphatic carbocycles. The fourth-order valence-electron chi connectivity index (χ4n) is 2.11. The van der Waals surface area contributed by atoms with Crippen molar-refractivity contribution in [2.45, 2.75) is 20.0 Å². The quantitative estimate of drug-likeness (QED) is 0.885. The van der Waals surface area contributed by atoms with Crippen molar-refractivity contribution < 1.29 is 4.79 Å². The first-order valence-corrected chi connectivity index (χ1v) is 7.11. The Morgan fingerprint density at radius 2 is 1.81 bits per heavy atom. The Hall–Kier alpha value is -2.33. The minimum absolute atomic E-state index is 0.101. The van der Waals surface area contributed by atoms with E-state index >= 15 is 0 Å². The molecular weight excluding hydrogens is 262 g/mol. The third-order valence-electron chi connectivity index (χ3n) is 3.30. The van der Waals surface area contributed by atoms with Crippen molar-refractivity contribution in [2.75, 3.05) is 11.9 Å². The molecule has 0 bridgehead atoms.